The third-order valence-corrected chi connectivity index (χ3v) is 4.36. The van der Waals surface area contributed by atoms with Crippen molar-refractivity contribution < 1.29 is 17.9 Å². The average molecular weight is 332 g/mol. The molecule has 1 nitrogen and oxygen atoms in total. The summed E-state index contributed by atoms with van der Waals surface area (Å²) in [6, 6.07) is 12.4. The molecule has 0 radical (unpaired) electrons. The summed E-state index contributed by atoms with van der Waals surface area (Å²) in [5.41, 5.74) is 4.62. The van der Waals surface area contributed by atoms with Crippen molar-refractivity contribution in [2.24, 2.45) is 5.92 Å². The van der Waals surface area contributed by atoms with E-state index in [0.717, 1.165) is 30.4 Å². The highest BCUT2D eigenvalue weighted by Crippen LogP contribution is 2.31. The second-order valence-corrected chi connectivity index (χ2v) is 6.08. The van der Waals surface area contributed by atoms with Crippen molar-refractivity contribution in [1.29, 1.82) is 0 Å². The van der Waals surface area contributed by atoms with Gasteiger partial charge in [-0.1, -0.05) is 42.5 Å². The van der Waals surface area contributed by atoms with Crippen LogP contribution < -0.4 is 4.74 Å². The molecule has 0 saturated carbocycles. The van der Waals surface area contributed by atoms with Crippen molar-refractivity contribution in [3.05, 3.63) is 65.7 Å². The first kappa shape index (κ1) is 16.6. The van der Waals surface area contributed by atoms with Gasteiger partial charge in [0.2, 0.25) is 0 Å². The van der Waals surface area contributed by atoms with E-state index in [2.05, 4.69) is 29.0 Å². The summed E-state index contributed by atoms with van der Waals surface area (Å²) in [7, 11) is 0. The zero-order valence-corrected chi connectivity index (χ0v) is 13.4. The maximum Gasteiger partial charge on any atom is 0.573 e. The van der Waals surface area contributed by atoms with E-state index in [0.29, 0.717) is 5.92 Å². The van der Waals surface area contributed by atoms with Crippen molar-refractivity contribution >= 4 is 0 Å². The number of benzene rings is 2. The highest BCUT2D eigenvalue weighted by Gasteiger charge is 2.31. The molecule has 1 unspecified atom stereocenters. The molecular formula is C20H19F3O. The van der Waals surface area contributed by atoms with E-state index >= 15 is 0 Å². The largest absolute Gasteiger partial charge is 0.573 e. The quantitative estimate of drug-likeness (QED) is 0.633. The van der Waals surface area contributed by atoms with Gasteiger partial charge in [-0.2, -0.15) is 0 Å². The van der Waals surface area contributed by atoms with Crippen molar-refractivity contribution in [3.8, 4) is 16.9 Å². The Balaban J connectivity index is 1.79. The fraction of sp³-hybridized carbons (Fsp3) is 0.300. The minimum atomic E-state index is -4.66. The summed E-state index contributed by atoms with van der Waals surface area (Å²) in [4.78, 5) is 0. The first-order valence-corrected chi connectivity index (χ1v) is 8.05. The van der Waals surface area contributed by atoms with E-state index in [1.54, 1.807) is 12.1 Å². The monoisotopic (exact) mass is 332 g/mol. The fourth-order valence-electron chi connectivity index (χ4n) is 3.25. The van der Waals surface area contributed by atoms with Gasteiger partial charge in [0.15, 0.2) is 0 Å². The highest BCUT2D eigenvalue weighted by atomic mass is 19.4. The van der Waals surface area contributed by atoms with Gasteiger partial charge in [-0.3, -0.25) is 0 Å². The molecule has 0 heterocycles. The van der Waals surface area contributed by atoms with Gasteiger partial charge >= 0.3 is 6.36 Å². The van der Waals surface area contributed by atoms with Crippen LogP contribution in [0.4, 0.5) is 13.2 Å². The molecule has 2 aromatic rings. The summed E-state index contributed by atoms with van der Waals surface area (Å²) >= 11 is 0. The molecule has 0 bridgehead atoms. The fourth-order valence-corrected chi connectivity index (χ4v) is 3.25. The zero-order valence-electron chi connectivity index (χ0n) is 13.4. The zero-order chi connectivity index (χ0) is 17.2. The Bertz CT molecular complexity index is 730. The van der Waals surface area contributed by atoms with Gasteiger partial charge in [-0.25, -0.2) is 0 Å². The lowest BCUT2D eigenvalue weighted by Gasteiger charge is -2.23. The summed E-state index contributed by atoms with van der Waals surface area (Å²) in [5, 5.41) is 0. The maximum absolute atomic E-state index is 12.2. The van der Waals surface area contributed by atoms with Crippen LogP contribution in [0.3, 0.4) is 0 Å². The van der Waals surface area contributed by atoms with Gasteiger partial charge in [-0.05, 0) is 66.5 Å². The second kappa shape index (κ2) is 6.71. The topological polar surface area (TPSA) is 9.23 Å². The molecule has 0 aromatic heterocycles. The molecule has 4 heteroatoms. The molecule has 3 rings (SSSR count). The lowest BCUT2D eigenvalue weighted by atomic mass is 9.82. The molecule has 24 heavy (non-hydrogen) atoms. The Morgan fingerprint density at radius 1 is 1.00 bits per heavy atom. The van der Waals surface area contributed by atoms with Crippen LogP contribution in [-0.4, -0.2) is 6.36 Å². The second-order valence-electron chi connectivity index (χ2n) is 6.08. The number of allylic oxidation sites excluding steroid dienone is 2. The number of aryl methyl sites for hydroxylation is 1. The Labute approximate surface area is 139 Å². The minimum absolute atomic E-state index is 0.196. The number of fused-ring (bicyclic) bond motifs is 1. The molecule has 0 amide bonds. The summed E-state index contributed by atoms with van der Waals surface area (Å²) in [6.45, 7) is 2.05. The third-order valence-electron chi connectivity index (χ3n) is 4.36. The molecule has 0 fully saturated rings. The number of hydrogen-bond donors (Lipinski definition) is 0. The van der Waals surface area contributed by atoms with Crippen molar-refractivity contribution in [1.82, 2.24) is 0 Å². The molecule has 2 aromatic carbocycles. The lowest BCUT2D eigenvalue weighted by molar-refractivity contribution is -0.274. The van der Waals surface area contributed by atoms with Crippen LogP contribution in [0.15, 0.2) is 54.6 Å². The Morgan fingerprint density at radius 2 is 1.71 bits per heavy atom. The normalized spacial score (nSPS) is 17.8. The molecule has 126 valence electrons. The standard InChI is InChI=1S/C20H19F3O/c1-2-3-14-4-5-18-13-17(7-6-16(18)12-14)15-8-10-19(11-9-15)24-20(21,22)23/h2-3,6-11,13-14H,4-5,12H2,1H3/b3-2+. The molecule has 1 aliphatic carbocycles. The molecular weight excluding hydrogens is 313 g/mol. The van der Waals surface area contributed by atoms with Crippen LogP contribution in [0.1, 0.15) is 24.5 Å². The Morgan fingerprint density at radius 3 is 2.38 bits per heavy atom. The Hall–Kier alpha value is -2.23. The molecule has 0 saturated heterocycles. The van der Waals surface area contributed by atoms with E-state index in [-0.39, 0.29) is 5.75 Å². The van der Waals surface area contributed by atoms with Crippen molar-refractivity contribution in [3.63, 3.8) is 0 Å². The van der Waals surface area contributed by atoms with Crippen LogP contribution in [0.5, 0.6) is 5.75 Å². The van der Waals surface area contributed by atoms with E-state index in [4.69, 9.17) is 0 Å². The minimum Gasteiger partial charge on any atom is -0.406 e. The Kier molecular flexibility index (Phi) is 4.65. The number of rotatable bonds is 3. The van der Waals surface area contributed by atoms with Crippen LogP contribution in [-0.2, 0) is 12.8 Å². The average Bonchev–Trinajstić information content (AvgIpc) is 2.54. The summed E-state index contributed by atoms with van der Waals surface area (Å²) in [5.74, 6) is 0.408. The number of alkyl halides is 3. The van der Waals surface area contributed by atoms with Crippen LogP contribution in [0.25, 0.3) is 11.1 Å². The molecule has 0 spiro atoms. The van der Waals surface area contributed by atoms with Gasteiger partial charge in [0.05, 0.1) is 0 Å². The third kappa shape index (κ3) is 3.99. The van der Waals surface area contributed by atoms with Crippen LogP contribution in [0.2, 0.25) is 0 Å². The highest BCUT2D eigenvalue weighted by molar-refractivity contribution is 5.66. The van der Waals surface area contributed by atoms with Gasteiger partial charge in [-0.15, -0.1) is 13.2 Å². The molecule has 0 aliphatic heterocycles. The van der Waals surface area contributed by atoms with Crippen molar-refractivity contribution in [2.45, 2.75) is 32.5 Å². The number of ether oxygens (including phenoxy) is 1. The van der Waals surface area contributed by atoms with E-state index in [1.807, 2.05) is 13.0 Å². The van der Waals surface area contributed by atoms with Crippen LogP contribution >= 0.6 is 0 Å². The van der Waals surface area contributed by atoms with E-state index in [9.17, 15) is 13.2 Å². The summed E-state index contributed by atoms with van der Waals surface area (Å²) < 4.78 is 40.5. The SMILES string of the molecule is C/C=C/C1CCc2cc(-c3ccc(OC(F)(F)F)cc3)ccc2C1. The smallest absolute Gasteiger partial charge is 0.406 e. The van der Waals surface area contributed by atoms with Crippen molar-refractivity contribution in [2.75, 3.05) is 0 Å². The lowest BCUT2D eigenvalue weighted by Crippen LogP contribution is -2.16. The van der Waals surface area contributed by atoms with E-state index in [1.165, 1.54) is 23.3 Å². The summed E-state index contributed by atoms with van der Waals surface area (Å²) in [6.07, 6.45) is 2.94. The van der Waals surface area contributed by atoms with Gasteiger partial charge in [0.25, 0.3) is 0 Å². The van der Waals surface area contributed by atoms with Gasteiger partial charge in [0.1, 0.15) is 5.75 Å². The van der Waals surface area contributed by atoms with Crippen LogP contribution in [0, 0.1) is 5.92 Å². The predicted octanol–water partition coefficient (Wildman–Crippen LogP) is 5.93. The van der Waals surface area contributed by atoms with E-state index < -0.39 is 6.36 Å². The first-order chi connectivity index (χ1) is 11.4. The number of hydrogen-bond acceptors (Lipinski definition) is 1. The van der Waals surface area contributed by atoms with Gasteiger partial charge < -0.3 is 4.74 Å². The molecule has 0 N–H and O–H groups in total. The predicted molar refractivity (Wildman–Crippen MR) is 88.9 cm³/mol. The number of halogens is 3. The molecule has 1 aliphatic rings. The van der Waals surface area contributed by atoms with Gasteiger partial charge in [0, 0.05) is 0 Å². The first-order valence-electron chi connectivity index (χ1n) is 8.05. The molecule has 1 atom stereocenters. The maximum atomic E-state index is 12.2.